The minimum Gasteiger partial charge on any atom is -0.495 e. The molecule has 0 unspecified atom stereocenters. The van der Waals surface area contributed by atoms with E-state index in [1.807, 2.05) is 24.3 Å². The Morgan fingerprint density at radius 1 is 1.15 bits per heavy atom. The van der Waals surface area contributed by atoms with E-state index in [0.29, 0.717) is 5.82 Å². The van der Waals surface area contributed by atoms with Crippen molar-refractivity contribution >= 4 is 33.1 Å². The number of aryl methyl sites for hydroxylation is 2. The summed E-state index contributed by atoms with van der Waals surface area (Å²) < 4.78 is 5.51. The van der Waals surface area contributed by atoms with Crippen molar-refractivity contribution < 1.29 is 4.74 Å². The maximum absolute atomic E-state index is 5.51. The number of anilines is 2. The highest BCUT2D eigenvalue weighted by Gasteiger charge is 2.14. The van der Waals surface area contributed by atoms with Gasteiger partial charge in [0.25, 0.3) is 0 Å². The standard InChI is InChI=1S/C21H20N4OS/c1-4-15-11-16-20(23-17-10-13(2)7-8-18(17)26-3)24-19(25-21(16)27-15)14-6-5-9-22-12-14/h5-12H,4H2,1-3H3,(H,23,24,25). The number of ether oxygens (including phenoxy) is 1. The van der Waals surface area contributed by atoms with Gasteiger partial charge in [0.1, 0.15) is 16.4 Å². The molecule has 0 aliphatic carbocycles. The van der Waals surface area contributed by atoms with Gasteiger partial charge in [-0.3, -0.25) is 4.98 Å². The third-order valence-corrected chi connectivity index (χ3v) is 5.49. The zero-order valence-corrected chi connectivity index (χ0v) is 16.3. The van der Waals surface area contributed by atoms with Crippen molar-refractivity contribution in [1.29, 1.82) is 0 Å². The molecule has 0 atom stereocenters. The summed E-state index contributed by atoms with van der Waals surface area (Å²) in [5.41, 5.74) is 2.93. The fourth-order valence-electron chi connectivity index (χ4n) is 2.91. The lowest BCUT2D eigenvalue weighted by Gasteiger charge is -2.13. The fourth-order valence-corrected chi connectivity index (χ4v) is 3.88. The van der Waals surface area contributed by atoms with Crippen molar-refractivity contribution in [3.63, 3.8) is 0 Å². The summed E-state index contributed by atoms with van der Waals surface area (Å²) in [5.74, 6) is 2.22. The molecule has 27 heavy (non-hydrogen) atoms. The van der Waals surface area contributed by atoms with E-state index in [2.05, 4.69) is 36.3 Å². The SMILES string of the molecule is CCc1cc2c(Nc3cc(C)ccc3OC)nc(-c3cccnc3)nc2s1. The topological polar surface area (TPSA) is 59.9 Å². The number of nitrogens with one attached hydrogen (secondary N) is 1. The van der Waals surface area contributed by atoms with Gasteiger partial charge in [0.2, 0.25) is 0 Å². The molecule has 1 N–H and O–H groups in total. The first kappa shape index (κ1) is 17.4. The van der Waals surface area contributed by atoms with Crippen LogP contribution in [0.25, 0.3) is 21.6 Å². The Hall–Kier alpha value is -2.99. The van der Waals surface area contributed by atoms with Gasteiger partial charge in [-0.15, -0.1) is 11.3 Å². The highest BCUT2D eigenvalue weighted by atomic mass is 32.1. The second-order valence-corrected chi connectivity index (χ2v) is 7.37. The molecule has 6 heteroatoms. The van der Waals surface area contributed by atoms with Gasteiger partial charge in [0.05, 0.1) is 18.2 Å². The molecule has 0 fully saturated rings. The van der Waals surface area contributed by atoms with Crippen LogP contribution in [0.15, 0.2) is 48.8 Å². The Labute approximate surface area is 162 Å². The minimum absolute atomic E-state index is 0.661. The number of nitrogens with zero attached hydrogens (tertiary/aromatic N) is 3. The van der Waals surface area contributed by atoms with E-state index in [0.717, 1.165) is 45.0 Å². The maximum atomic E-state index is 5.51. The molecule has 0 aliphatic heterocycles. The number of rotatable bonds is 5. The quantitative estimate of drug-likeness (QED) is 0.507. The second-order valence-electron chi connectivity index (χ2n) is 6.25. The summed E-state index contributed by atoms with van der Waals surface area (Å²) in [6.07, 6.45) is 4.50. The Balaban J connectivity index is 1.88. The second kappa shape index (κ2) is 7.32. The molecule has 0 saturated heterocycles. The Morgan fingerprint density at radius 3 is 2.78 bits per heavy atom. The first-order valence-corrected chi connectivity index (χ1v) is 9.62. The highest BCUT2D eigenvalue weighted by molar-refractivity contribution is 7.18. The molecule has 0 spiro atoms. The number of thiophene rings is 1. The van der Waals surface area contributed by atoms with E-state index in [-0.39, 0.29) is 0 Å². The molecule has 136 valence electrons. The zero-order chi connectivity index (χ0) is 18.8. The summed E-state index contributed by atoms with van der Waals surface area (Å²) in [6.45, 7) is 4.21. The molecule has 3 aromatic heterocycles. The van der Waals surface area contributed by atoms with Crippen LogP contribution in [0.3, 0.4) is 0 Å². The lowest BCUT2D eigenvalue weighted by molar-refractivity contribution is 0.416. The van der Waals surface area contributed by atoms with E-state index in [4.69, 9.17) is 14.7 Å². The van der Waals surface area contributed by atoms with Gasteiger partial charge in [0, 0.05) is 22.8 Å². The minimum atomic E-state index is 0.661. The number of aromatic nitrogens is 3. The number of fused-ring (bicyclic) bond motifs is 1. The normalized spacial score (nSPS) is 10.9. The third-order valence-electron chi connectivity index (χ3n) is 4.32. The van der Waals surface area contributed by atoms with E-state index in [1.54, 1.807) is 30.8 Å². The summed E-state index contributed by atoms with van der Waals surface area (Å²) in [4.78, 5) is 16.0. The van der Waals surface area contributed by atoms with Crippen molar-refractivity contribution in [2.75, 3.05) is 12.4 Å². The summed E-state index contributed by atoms with van der Waals surface area (Å²) in [6, 6.07) is 12.1. The average molecular weight is 376 g/mol. The van der Waals surface area contributed by atoms with Crippen LogP contribution in [-0.4, -0.2) is 22.1 Å². The molecule has 1 aromatic carbocycles. The largest absolute Gasteiger partial charge is 0.495 e. The van der Waals surface area contributed by atoms with Crippen molar-refractivity contribution in [3.8, 4) is 17.1 Å². The van der Waals surface area contributed by atoms with Crippen LogP contribution in [0.2, 0.25) is 0 Å². The smallest absolute Gasteiger partial charge is 0.164 e. The molecule has 3 heterocycles. The van der Waals surface area contributed by atoms with Crippen LogP contribution in [0.4, 0.5) is 11.5 Å². The molecule has 0 radical (unpaired) electrons. The number of hydrogen-bond donors (Lipinski definition) is 1. The van der Waals surface area contributed by atoms with Crippen molar-refractivity contribution in [3.05, 3.63) is 59.2 Å². The summed E-state index contributed by atoms with van der Waals surface area (Å²) >= 11 is 1.70. The number of hydrogen-bond acceptors (Lipinski definition) is 6. The van der Waals surface area contributed by atoms with E-state index >= 15 is 0 Å². The molecular weight excluding hydrogens is 356 g/mol. The van der Waals surface area contributed by atoms with Gasteiger partial charge < -0.3 is 10.1 Å². The van der Waals surface area contributed by atoms with Gasteiger partial charge in [-0.05, 0) is 49.2 Å². The third kappa shape index (κ3) is 3.48. The van der Waals surface area contributed by atoms with Crippen LogP contribution < -0.4 is 10.1 Å². The Morgan fingerprint density at radius 2 is 2.04 bits per heavy atom. The van der Waals surface area contributed by atoms with Crippen molar-refractivity contribution in [2.45, 2.75) is 20.3 Å². The maximum Gasteiger partial charge on any atom is 0.164 e. The van der Waals surface area contributed by atoms with Crippen LogP contribution in [0.1, 0.15) is 17.4 Å². The lowest BCUT2D eigenvalue weighted by atomic mass is 10.2. The summed E-state index contributed by atoms with van der Waals surface area (Å²) in [7, 11) is 1.67. The van der Waals surface area contributed by atoms with Gasteiger partial charge in [-0.25, -0.2) is 9.97 Å². The lowest BCUT2D eigenvalue weighted by Crippen LogP contribution is -2.00. The molecule has 0 saturated carbocycles. The molecule has 0 aliphatic rings. The highest BCUT2D eigenvalue weighted by Crippen LogP contribution is 2.35. The molecule has 0 amide bonds. The Kier molecular flexibility index (Phi) is 4.73. The van der Waals surface area contributed by atoms with Gasteiger partial charge in [-0.1, -0.05) is 13.0 Å². The predicted octanol–water partition coefficient (Wildman–Crippen LogP) is 5.38. The number of benzene rings is 1. The van der Waals surface area contributed by atoms with E-state index < -0.39 is 0 Å². The van der Waals surface area contributed by atoms with Crippen LogP contribution >= 0.6 is 11.3 Å². The van der Waals surface area contributed by atoms with Crippen LogP contribution in [-0.2, 0) is 6.42 Å². The zero-order valence-electron chi connectivity index (χ0n) is 15.5. The monoisotopic (exact) mass is 376 g/mol. The van der Waals surface area contributed by atoms with Gasteiger partial charge >= 0.3 is 0 Å². The Bertz CT molecular complexity index is 1090. The first-order valence-electron chi connectivity index (χ1n) is 8.80. The fraction of sp³-hybridized carbons (Fsp3) is 0.190. The van der Waals surface area contributed by atoms with Crippen molar-refractivity contribution in [1.82, 2.24) is 15.0 Å². The van der Waals surface area contributed by atoms with Crippen molar-refractivity contribution in [2.24, 2.45) is 0 Å². The van der Waals surface area contributed by atoms with Gasteiger partial charge in [0.15, 0.2) is 5.82 Å². The molecular formula is C21H20N4OS. The summed E-state index contributed by atoms with van der Waals surface area (Å²) in [5, 5.41) is 4.49. The molecule has 5 nitrogen and oxygen atoms in total. The van der Waals surface area contributed by atoms with Gasteiger partial charge in [-0.2, -0.15) is 0 Å². The van der Waals surface area contributed by atoms with Crippen LogP contribution in [0.5, 0.6) is 5.75 Å². The number of methoxy groups -OCH3 is 1. The molecule has 4 rings (SSSR count). The molecule has 4 aromatic rings. The van der Waals surface area contributed by atoms with E-state index in [1.165, 1.54) is 4.88 Å². The average Bonchev–Trinajstić information content (AvgIpc) is 3.12. The number of pyridine rings is 1. The molecule has 0 bridgehead atoms. The van der Waals surface area contributed by atoms with E-state index in [9.17, 15) is 0 Å². The first-order chi connectivity index (χ1) is 13.2. The predicted molar refractivity (Wildman–Crippen MR) is 111 cm³/mol. The van der Waals surface area contributed by atoms with Crippen LogP contribution in [0, 0.1) is 6.92 Å².